The fraction of sp³-hybridized carbons (Fsp3) is 0. The Balaban J connectivity index is 2.19. The number of hydrogen-bond acceptors (Lipinski definition) is 3. The van der Waals surface area contributed by atoms with Gasteiger partial charge in [-0.05, 0) is 12.1 Å². The highest BCUT2D eigenvalue weighted by Gasteiger charge is 2.07. The van der Waals surface area contributed by atoms with E-state index < -0.39 is 0 Å². The van der Waals surface area contributed by atoms with E-state index >= 15 is 0 Å². The van der Waals surface area contributed by atoms with Gasteiger partial charge in [-0.3, -0.25) is 4.98 Å². The van der Waals surface area contributed by atoms with Gasteiger partial charge in [-0.2, -0.15) is 0 Å². The van der Waals surface area contributed by atoms with Gasteiger partial charge < -0.3 is 4.42 Å². The monoisotopic (exact) mass is 230 g/mol. The van der Waals surface area contributed by atoms with E-state index in [0.29, 0.717) is 16.6 Å². The molecule has 4 heteroatoms. The second-order valence-corrected chi connectivity index (χ2v) is 3.76. The lowest BCUT2D eigenvalue weighted by Crippen LogP contribution is -1.83. The fourth-order valence-corrected chi connectivity index (χ4v) is 1.72. The minimum atomic E-state index is 0.359. The molecule has 0 fully saturated rings. The van der Waals surface area contributed by atoms with E-state index in [1.807, 2.05) is 30.3 Å². The molecule has 0 amide bonds. The Morgan fingerprint density at radius 1 is 1.12 bits per heavy atom. The highest BCUT2D eigenvalue weighted by atomic mass is 35.5. The highest BCUT2D eigenvalue weighted by Crippen LogP contribution is 2.26. The third-order valence-corrected chi connectivity index (χ3v) is 2.47. The third kappa shape index (κ3) is 1.55. The van der Waals surface area contributed by atoms with Crippen molar-refractivity contribution >= 4 is 22.6 Å². The number of hydrogen-bond donors (Lipinski definition) is 0. The number of fused-ring (bicyclic) bond motifs is 1. The predicted octanol–water partition coefficient (Wildman–Crippen LogP) is 3.54. The van der Waals surface area contributed by atoms with Crippen LogP contribution >= 0.6 is 11.6 Å². The molecule has 0 N–H and O–H groups in total. The van der Waals surface area contributed by atoms with E-state index in [-0.39, 0.29) is 0 Å². The number of nitrogens with zero attached hydrogens (tertiary/aromatic N) is 2. The van der Waals surface area contributed by atoms with Gasteiger partial charge in [0.1, 0.15) is 16.4 Å². The van der Waals surface area contributed by atoms with Crippen LogP contribution in [0, 0.1) is 0 Å². The topological polar surface area (TPSA) is 38.9 Å². The molecule has 0 aliphatic rings. The van der Waals surface area contributed by atoms with Crippen LogP contribution in [0.3, 0.4) is 0 Å². The minimum Gasteiger partial charge on any atom is -0.454 e. The molecule has 0 radical (unpaired) electrons. The molecule has 0 aliphatic carbocycles. The first kappa shape index (κ1) is 9.36. The minimum absolute atomic E-state index is 0.359. The summed E-state index contributed by atoms with van der Waals surface area (Å²) in [5, 5.41) is 1.40. The van der Waals surface area contributed by atoms with Crippen LogP contribution in [-0.2, 0) is 0 Å². The van der Waals surface area contributed by atoms with Crippen LogP contribution in [0.5, 0.6) is 0 Å². The van der Waals surface area contributed by atoms with Gasteiger partial charge in [0.2, 0.25) is 0 Å². The van der Waals surface area contributed by atoms with Crippen molar-refractivity contribution in [3.63, 3.8) is 0 Å². The molecule has 3 aromatic rings. The normalized spacial score (nSPS) is 10.8. The Labute approximate surface area is 96.7 Å². The predicted molar refractivity (Wildman–Crippen MR) is 62.3 cm³/mol. The molecule has 1 aromatic carbocycles. The lowest BCUT2D eigenvalue weighted by atomic mass is 10.2. The quantitative estimate of drug-likeness (QED) is 0.642. The first-order chi connectivity index (χ1) is 7.83. The zero-order valence-electron chi connectivity index (χ0n) is 8.22. The molecular formula is C12H7ClN2O. The number of aromatic nitrogens is 2. The Bertz CT molecular complexity index is 615. The Hall–Kier alpha value is -1.87. The summed E-state index contributed by atoms with van der Waals surface area (Å²) in [5.41, 5.74) is 1.47. The number of para-hydroxylation sites is 1. The summed E-state index contributed by atoms with van der Waals surface area (Å²) in [7, 11) is 0. The smallest absolute Gasteiger partial charge is 0.155 e. The van der Waals surface area contributed by atoms with E-state index in [0.717, 1.165) is 11.0 Å². The van der Waals surface area contributed by atoms with Gasteiger partial charge in [0, 0.05) is 5.39 Å². The van der Waals surface area contributed by atoms with Crippen LogP contribution in [0.4, 0.5) is 0 Å². The molecule has 0 saturated heterocycles. The van der Waals surface area contributed by atoms with Gasteiger partial charge in [-0.25, -0.2) is 4.98 Å². The molecule has 78 valence electrons. The molecule has 3 nitrogen and oxygen atoms in total. The SMILES string of the molecule is Clc1cncc(-c2cc3ccccc3o2)n1. The van der Waals surface area contributed by atoms with Crippen LogP contribution in [-0.4, -0.2) is 9.97 Å². The van der Waals surface area contributed by atoms with E-state index in [2.05, 4.69) is 9.97 Å². The maximum Gasteiger partial charge on any atom is 0.155 e. The lowest BCUT2D eigenvalue weighted by molar-refractivity contribution is 0.628. The first-order valence-electron chi connectivity index (χ1n) is 4.79. The third-order valence-electron chi connectivity index (χ3n) is 2.28. The van der Waals surface area contributed by atoms with Crippen LogP contribution < -0.4 is 0 Å². The van der Waals surface area contributed by atoms with E-state index in [1.165, 1.54) is 6.20 Å². The van der Waals surface area contributed by atoms with E-state index in [4.69, 9.17) is 16.0 Å². The molecular weight excluding hydrogens is 224 g/mol. The van der Waals surface area contributed by atoms with Gasteiger partial charge in [0.25, 0.3) is 0 Å². The van der Waals surface area contributed by atoms with Crippen LogP contribution in [0.25, 0.3) is 22.4 Å². The summed E-state index contributed by atoms with van der Waals surface area (Å²) in [6, 6.07) is 9.72. The summed E-state index contributed by atoms with van der Waals surface area (Å²) in [4.78, 5) is 8.12. The molecule has 0 atom stereocenters. The number of benzene rings is 1. The summed E-state index contributed by atoms with van der Waals surface area (Å²) < 4.78 is 5.65. The Morgan fingerprint density at radius 3 is 2.81 bits per heavy atom. The van der Waals surface area contributed by atoms with Crippen molar-refractivity contribution in [3.05, 3.63) is 47.9 Å². The van der Waals surface area contributed by atoms with Crippen molar-refractivity contribution in [2.75, 3.05) is 0 Å². The highest BCUT2D eigenvalue weighted by molar-refractivity contribution is 6.29. The van der Waals surface area contributed by atoms with Gasteiger partial charge >= 0.3 is 0 Å². The molecule has 0 spiro atoms. The maximum atomic E-state index is 5.78. The zero-order chi connectivity index (χ0) is 11.0. The number of halogens is 1. The zero-order valence-corrected chi connectivity index (χ0v) is 8.98. The number of rotatable bonds is 1. The summed E-state index contributed by atoms with van der Waals surface area (Å²) in [5.74, 6) is 0.677. The van der Waals surface area contributed by atoms with E-state index in [9.17, 15) is 0 Å². The number of furan rings is 1. The second-order valence-electron chi connectivity index (χ2n) is 3.38. The molecule has 2 aromatic heterocycles. The van der Waals surface area contributed by atoms with Crippen LogP contribution in [0.15, 0.2) is 47.1 Å². The largest absolute Gasteiger partial charge is 0.454 e. The van der Waals surface area contributed by atoms with Gasteiger partial charge in [-0.1, -0.05) is 29.8 Å². The van der Waals surface area contributed by atoms with Crippen LogP contribution in [0.1, 0.15) is 0 Å². The summed E-state index contributed by atoms with van der Waals surface area (Å²) in [6.45, 7) is 0. The van der Waals surface area contributed by atoms with Gasteiger partial charge in [-0.15, -0.1) is 0 Å². The van der Waals surface area contributed by atoms with Crippen molar-refractivity contribution < 1.29 is 4.42 Å². The summed E-state index contributed by atoms with van der Waals surface area (Å²) in [6.07, 6.45) is 3.12. The van der Waals surface area contributed by atoms with Crippen molar-refractivity contribution in [1.82, 2.24) is 9.97 Å². The molecule has 0 aliphatic heterocycles. The van der Waals surface area contributed by atoms with Crippen molar-refractivity contribution in [3.8, 4) is 11.5 Å². The maximum absolute atomic E-state index is 5.78. The molecule has 0 saturated carbocycles. The van der Waals surface area contributed by atoms with Crippen LogP contribution in [0.2, 0.25) is 5.15 Å². The molecule has 2 heterocycles. The molecule has 3 rings (SSSR count). The standard InChI is InChI=1S/C12H7ClN2O/c13-12-7-14-6-9(15-12)11-5-8-3-1-2-4-10(8)16-11/h1-7H. The second kappa shape index (κ2) is 3.61. The summed E-state index contributed by atoms with van der Waals surface area (Å²) >= 11 is 5.78. The van der Waals surface area contributed by atoms with Gasteiger partial charge in [0.15, 0.2) is 5.76 Å². The Kier molecular flexibility index (Phi) is 2.11. The first-order valence-corrected chi connectivity index (χ1v) is 5.17. The molecule has 0 bridgehead atoms. The van der Waals surface area contributed by atoms with Crippen molar-refractivity contribution in [2.45, 2.75) is 0 Å². The molecule has 16 heavy (non-hydrogen) atoms. The van der Waals surface area contributed by atoms with Crippen molar-refractivity contribution in [1.29, 1.82) is 0 Å². The fourth-order valence-electron chi connectivity index (χ4n) is 1.57. The van der Waals surface area contributed by atoms with Gasteiger partial charge in [0.05, 0.1) is 12.4 Å². The van der Waals surface area contributed by atoms with E-state index in [1.54, 1.807) is 6.20 Å². The average molecular weight is 231 g/mol. The van der Waals surface area contributed by atoms with Crippen molar-refractivity contribution in [2.24, 2.45) is 0 Å². The lowest BCUT2D eigenvalue weighted by Gasteiger charge is -1.94. The average Bonchev–Trinajstić information content (AvgIpc) is 2.72. The molecule has 0 unspecified atom stereocenters. The Morgan fingerprint density at radius 2 is 2.00 bits per heavy atom.